The van der Waals surface area contributed by atoms with Gasteiger partial charge in [0.2, 0.25) is 0 Å². The zero-order valence-corrected chi connectivity index (χ0v) is 9.35. The van der Waals surface area contributed by atoms with Gasteiger partial charge in [0.25, 0.3) is 0 Å². The van der Waals surface area contributed by atoms with Crippen LogP contribution in [0.1, 0.15) is 17.2 Å². The van der Waals surface area contributed by atoms with Gasteiger partial charge >= 0.3 is 0 Å². The topological polar surface area (TPSA) is 50.9 Å². The molecular formula is C12H12ClN3. The summed E-state index contributed by atoms with van der Waals surface area (Å²) in [6.07, 6.45) is 3.50. The smallest absolute Gasteiger partial charge is 0.0739 e. The average Bonchev–Trinajstić information content (AvgIpc) is 2.34. The Morgan fingerprint density at radius 1 is 1.19 bits per heavy atom. The normalized spacial score (nSPS) is 12.4. The first-order valence-electron chi connectivity index (χ1n) is 4.93. The van der Waals surface area contributed by atoms with Crippen molar-refractivity contribution in [3.8, 4) is 0 Å². The summed E-state index contributed by atoms with van der Waals surface area (Å²) in [6, 6.07) is 11.3. The van der Waals surface area contributed by atoms with E-state index in [1.54, 1.807) is 12.4 Å². The van der Waals surface area contributed by atoms with Crippen LogP contribution < -0.4 is 11.3 Å². The lowest BCUT2D eigenvalue weighted by molar-refractivity contribution is 0.635. The molecule has 0 radical (unpaired) electrons. The number of nitrogens with one attached hydrogen (secondary N) is 1. The molecule has 0 aliphatic rings. The number of pyridine rings is 1. The van der Waals surface area contributed by atoms with Gasteiger partial charge in [-0.05, 0) is 23.3 Å². The largest absolute Gasteiger partial charge is 0.271 e. The maximum atomic E-state index is 6.13. The Morgan fingerprint density at radius 2 is 2.00 bits per heavy atom. The second-order valence-corrected chi connectivity index (χ2v) is 3.81. The van der Waals surface area contributed by atoms with Gasteiger partial charge in [-0.15, -0.1) is 0 Å². The summed E-state index contributed by atoms with van der Waals surface area (Å²) in [5.41, 5.74) is 4.68. The maximum absolute atomic E-state index is 6.13. The zero-order chi connectivity index (χ0) is 11.4. The van der Waals surface area contributed by atoms with Crippen molar-refractivity contribution in [1.82, 2.24) is 10.4 Å². The number of halogens is 1. The Hall–Kier alpha value is -1.42. The Bertz CT molecular complexity index is 459. The molecule has 3 N–H and O–H groups in total. The highest BCUT2D eigenvalue weighted by molar-refractivity contribution is 6.31. The van der Waals surface area contributed by atoms with Gasteiger partial charge in [-0.25, -0.2) is 5.43 Å². The highest BCUT2D eigenvalue weighted by Crippen LogP contribution is 2.26. The molecular weight excluding hydrogens is 222 g/mol. The maximum Gasteiger partial charge on any atom is 0.0739 e. The van der Waals surface area contributed by atoms with E-state index in [4.69, 9.17) is 17.4 Å². The number of hydrogen-bond donors (Lipinski definition) is 2. The number of nitrogens with zero attached hydrogens (tertiary/aromatic N) is 1. The van der Waals surface area contributed by atoms with Gasteiger partial charge in [0.1, 0.15) is 0 Å². The van der Waals surface area contributed by atoms with Crippen LogP contribution in [0, 0.1) is 0 Å². The molecule has 1 unspecified atom stereocenters. The minimum atomic E-state index is -0.137. The van der Waals surface area contributed by atoms with Gasteiger partial charge < -0.3 is 0 Å². The van der Waals surface area contributed by atoms with Crippen LogP contribution in [0.2, 0.25) is 5.02 Å². The Kier molecular flexibility index (Phi) is 3.51. The van der Waals surface area contributed by atoms with E-state index in [0.717, 1.165) is 11.1 Å². The Labute approximate surface area is 99.2 Å². The molecule has 0 spiro atoms. The van der Waals surface area contributed by atoms with Crippen molar-refractivity contribution in [3.63, 3.8) is 0 Å². The first kappa shape index (κ1) is 11.1. The summed E-state index contributed by atoms with van der Waals surface area (Å²) < 4.78 is 0. The molecule has 2 rings (SSSR count). The number of hydrogen-bond acceptors (Lipinski definition) is 3. The van der Waals surface area contributed by atoms with Gasteiger partial charge in [-0.2, -0.15) is 0 Å². The van der Waals surface area contributed by atoms with E-state index >= 15 is 0 Å². The Balaban J connectivity index is 2.41. The summed E-state index contributed by atoms with van der Waals surface area (Å²) >= 11 is 6.13. The van der Waals surface area contributed by atoms with E-state index < -0.39 is 0 Å². The second kappa shape index (κ2) is 5.07. The van der Waals surface area contributed by atoms with E-state index in [9.17, 15) is 0 Å². The number of aromatic nitrogens is 1. The third-order valence-corrected chi connectivity index (χ3v) is 2.74. The summed E-state index contributed by atoms with van der Waals surface area (Å²) in [7, 11) is 0. The number of hydrazine groups is 1. The minimum absolute atomic E-state index is 0.137. The number of rotatable bonds is 3. The molecule has 1 heterocycles. The SMILES string of the molecule is NNC(c1cccnc1)c1ccccc1Cl. The molecule has 0 amide bonds. The van der Waals surface area contributed by atoms with Crippen molar-refractivity contribution in [3.05, 3.63) is 64.9 Å². The second-order valence-electron chi connectivity index (χ2n) is 3.41. The van der Waals surface area contributed by atoms with Crippen molar-refractivity contribution < 1.29 is 0 Å². The minimum Gasteiger partial charge on any atom is -0.271 e. The fraction of sp³-hybridized carbons (Fsp3) is 0.0833. The van der Waals surface area contributed by atoms with Crippen LogP contribution in [0.4, 0.5) is 0 Å². The lowest BCUT2D eigenvalue weighted by atomic mass is 10.0. The van der Waals surface area contributed by atoms with Gasteiger partial charge in [0.15, 0.2) is 0 Å². The highest BCUT2D eigenvalue weighted by Gasteiger charge is 2.14. The van der Waals surface area contributed by atoms with Crippen LogP contribution in [-0.2, 0) is 0 Å². The molecule has 16 heavy (non-hydrogen) atoms. The third kappa shape index (κ3) is 2.22. The molecule has 0 aliphatic carbocycles. The fourth-order valence-corrected chi connectivity index (χ4v) is 1.87. The number of benzene rings is 1. The quantitative estimate of drug-likeness (QED) is 0.632. The van der Waals surface area contributed by atoms with E-state index in [1.165, 1.54) is 0 Å². The number of nitrogens with two attached hydrogens (primary N) is 1. The monoisotopic (exact) mass is 233 g/mol. The van der Waals surface area contributed by atoms with E-state index in [2.05, 4.69) is 10.4 Å². The molecule has 1 atom stereocenters. The third-order valence-electron chi connectivity index (χ3n) is 2.40. The van der Waals surface area contributed by atoms with Gasteiger partial charge in [-0.1, -0.05) is 35.9 Å². The molecule has 0 aliphatic heterocycles. The van der Waals surface area contributed by atoms with Crippen molar-refractivity contribution in [2.45, 2.75) is 6.04 Å². The average molecular weight is 234 g/mol. The molecule has 0 saturated heterocycles. The van der Waals surface area contributed by atoms with Crippen LogP contribution in [0.5, 0.6) is 0 Å². The first-order chi connectivity index (χ1) is 7.83. The predicted molar refractivity (Wildman–Crippen MR) is 64.9 cm³/mol. The molecule has 1 aromatic heterocycles. The lowest BCUT2D eigenvalue weighted by Crippen LogP contribution is -2.29. The fourth-order valence-electron chi connectivity index (χ4n) is 1.62. The van der Waals surface area contributed by atoms with Crippen molar-refractivity contribution in [2.75, 3.05) is 0 Å². The van der Waals surface area contributed by atoms with Crippen LogP contribution in [0.3, 0.4) is 0 Å². The molecule has 2 aromatic rings. The highest BCUT2D eigenvalue weighted by atomic mass is 35.5. The molecule has 1 aromatic carbocycles. The molecule has 0 fully saturated rings. The molecule has 0 saturated carbocycles. The lowest BCUT2D eigenvalue weighted by Gasteiger charge is -2.17. The van der Waals surface area contributed by atoms with Gasteiger partial charge in [-0.3, -0.25) is 10.8 Å². The predicted octanol–water partition coefficient (Wildman–Crippen LogP) is 2.29. The van der Waals surface area contributed by atoms with E-state index in [0.29, 0.717) is 5.02 Å². The van der Waals surface area contributed by atoms with Crippen molar-refractivity contribution in [2.24, 2.45) is 5.84 Å². The van der Waals surface area contributed by atoms with Gasteiger partial charge in [0.05, 0.1) is 6.04 Å². The van der Waals surface area contributed by atoms with Crippen molar-refractivity contribution in [1.29, 1.82) is 0 Å². The molecule has 3 nitrogen and oxygen atoms in total. The molecule has 4 heteroatoms. The summed E-state index contributed by atoms with van der Waals surface area (Å²) in [5, 5.41) is 0.689. The zero-order valence-electron chi connectivity index (χ0n) is 8.60. The standard InChI is InChI=1S/C12H12ClN3/c13-11-6-2-1-5-10(11)12(16-14)9-4-3-7-15-8-9/h1-8,12,16H,14H2. The van der Waals surface area contributed by atoms with E-state index in [1.807, 2.05) is 36.4 Å². The van der Waals surface area contributed by atoms with Crippen LogP contribution in [0.15, 0.2) is 48.8 Å². The van der Waals surface area contributed by atoms with Crippen molar-refractivity contribution >= 4 is 11.6 Å². The van der Waals surface area contributed by atoms with Gasteiger partial charge in [0, 0.05) is 17.4 Å². The van der Waals surface area contributed by atoms with E-state index in [-0.39, 0.29) is 6.04 Å². The molecule has 0 bridgehead atoms. The van der Waals surface area contributed by atoms with Crippen LogP contribution in [-0.4, -0.2) is 4.98 Å². The summed E-state index contributed by atoms with van der Waals surface area (Å²) in [4.78, 5) is 4.07. The molecule has 82 valence electrons. The van der Waals surface area contributed by atoms with Crippen LogP contribution >= 0.6 is 11.6 Å². The summed E-state index contributed by atoms with van der Waals surface area (Å²) in [6.45, 7) is 0. The van der Waals surface area contributed by atoms with Crippen LogP contribution in [0.25, 0.3) is 0 Å². The Morgan fingerprint density at radius 3 is 2.62 bits per heavy atom. The summed E-state index contributed by atoms with van der Waals surface area (Å²) in [5.74, 6) is 5.57. The first-order valence-corrected chi connectivity index (χ1v) is 5.31.